The van der Waals surface area contributed by atoms with Crippen molar-refractivity contribution in [1.82, 2.24) is 4.57 Å². The molecule has 0 unspecified atom stereocenters. The monoisotopic (exact) mass is 382 g/mol. The first-order chi connectivity index (χ1) is 13.3. The second-order valence-electron chi connectivity index (χ2n) is 7.45. The number of esters is 1. The quantitative estimate of drug-likeness (QED) is 0.562. The molecule has 0 atom stereocenters. The van der Waals surface area contributed by atoms with E-state index >= 15 is 0 Å². The Bertz CT molecular complexity index is 927. The molecule has 1 amide bonds. The first-order valence-electron chi connectivity index (χ1n) is 9.58. The molecule has 0 N–H and O–H groups in total. The molecule has 2 heterocycles. The van der Waals surface area contributed by atoms with Gasteiger partial charge in [0.2, 0.25) is 11.7 Å². The number of nitrogens with zero attached hydrogens (tertiary/aromatic N) is 2. The Hall–Kier alpha value is -2.89. The lowest BCUT2D eigenvalue weighted by Gasteiger charge is -2.16. The van der Waals surface area contributed by atoms with Crippen LogP contribution in [0.1, 0.15) is 64.8 Å². The van der Waals surface area contributed by atoms with Crippen LogP contribution in [0.5, 0.6) is 0 Å². The van der Waals surface area contributed by atoms with Crippen LogP contribution in [0.4, 0.5) is 5.69 Å². The van der Waals surface area contributed by atoms with Gasteiger partial charge in [0.25, 0.3) is 0 Å². The van der Waals surface area contributed by atoms with Crippen molar-refractivity contribution >= 4 is 23.3 Å². The van der Waals surface area contributed by atoms with Gasteiger partial charge in [-0.2, -0.15) is 0 Å². The number of aromatic nitrogens is 1. The molecule has 3 rings (SSSR count). The molecule has 1 aliphatic heterocycles. The summed E-state index contributed by atoms with van der Waals surface area (Å²) in [6, 6.07) is 8.87. The second kappa shape index (κ2) is 8.00. The molecule has 1 aliphatic rings. The fraction of sp³-hybridized carbons (Fsp3) is 0.409. The first kappa shape index (κ1) is 19.9. The number of aryl methyl sites for hydroxylation is 1. The Morgan fingerprint density at radius 3 is 2.54 bits per heavy atom. The average Bonchev–Trinajstić information content (AvgIpc) is 3.22. The fourth-order valence-electron chi connectivity index (χ4n) is 3.87. The molecule has 28 heavy (non-hydrogen) atoms. The van der Waals surface area contributed by atoms with Gasteiger partial charge in [-0.3, -0.25) is 9.59 Å². The first-order valence-corrected chi connectivity index (χ1v) is 9.58. The van der Waals surface area contributed by atoms with Gasteiger partial charge in [0.15, 0.2) is 6.61 Å². The van der Waals surface area contributed by atoms with Crippen LogP contribution < -0.4 is 4.90 Å². The van der Waals surface area contributed by atoms with Gasteiger partial charge in [0, 0.05) is 41.6 Å². The number of amides is 1. The molecule has 6 heteroatoms. The van der Waals surface area contributed by atoms with E-state index in [1.165, 1.54) is 0 Å². The summed E-state index contributed by atoms with van der Waals surface area (Å²) < 4.78 is 7.34. The van der Waals surface area contributed by atoms with E-state index in [0.717, 1.165) is 17.8 Å². The number of anilines is 1. The Balaban J connectivity index is 1.68. The van der Waals surface area contributed by atoms with Crippen LogP contribution in [0.25, 0.3) is 0 Å². The zero-order chi connectivity index (χ0) is 20.4. The average molecular weight is 382 g/mol. The standard InChI is InChI=1S/C22H26N2O4/c1-14(2)24-15(3)11-19(16(24)4)20(25)13-28-22(27)17-7-5-8-18(12-17)23-10-6-9-21(23)26/h5,7-8,11-12,14H,6,9-10,13H2,1-4H3. The number of benzene rings is 1. The van der Waals surface area contributed by atoms with E-state index in [2.05, 4.69) is 18.4 Å². The van der Waals surface area contributed by atoms with Crippen molar-refractivity contribution in [2.45, 2.75) is 46.6 Å². The van der Waals surface area contributed by atoms with Crippen LogP contribution in [0.3, 0.4) is 0 Å². The van der Waals surface area contributed by atoms with Crippen LogP contribution in [0.2, 0.25) is 0 Å². The highest BCUT2D eigenvalue weighted by Gasteiger charge is 2.23. The van der Waals surface area contributed by atoms with Gasteiger partial charge in [-0.05, 0) is 58.4 Å². The van der Waals surface area contributed by atoms with Crippen molar-refractivity contribution < 1.29 is 19.1 Å². The van der Waals surface area contributed by atoms with Crippen molar-refractivity contribution in [2.75, 3.05) is 18.1 Å². The van der Waals surface area contributed by atoms with Gasteiger partial charge < -0.3 is 14.2 Å². The third-order valence-corrected chi connectivity index (χ3v) is 5.10. The molecule has 1 fully saturated rings. The van der Waals surface area contributed by atoms with Gasteiger partial charge in [0.1, 0.15) is 0 Å². The largest absolute Gasteiger partial charge is 0.454 e. The van der Waals surface area contributed by atoms with Crippen LogP contribution >= 0.6 is 0 Å². The van der Waals surface area contributed by atoms with Crippen molar-refractivity contribution in [1.29, 1.82) is 0 Å². The maximum atomic E-state index is 12.6. The van der Waals surface area contributed by atoms with E-state index in [1.54, 1.807) is 29.2 Å². The summed E-state index contributed by atoms with van der Waals surface area (Å²) in [6.45, 7) is 8.33. The van der Waals surface area contributed by atoms with E-state index < -0.39 is 5.97 Å². The number of ether oxygens (including phenoxy) is 1. The zero-order valence-corrected chi connectivity index (χ0v) is 16.8. The summed E-state index contributed by atoms with van der Waals surface area (Å²) in [5.41, 5.74) is 3.48. The SMILES string of the molecule is Cc1cc(C(=O)COC(=O)c2cccc(N3CCCC3=O)c2)c(C)n1C(C)C. The Morgan fingerprint density at radius 2 is 1.93 bits per heavy atom. The van der Waals surface area contributed by atoms with Crippen molar-refractivity contribution in [3.05, 3.63) is 52.8 Å². The van der Waals surface area contributed by atoms with E-state index in [1.807, 2.05) is 19.9 Å². The maximum absolute atomic E-state index is 12.6. The van der Waals surface area contributed by atoms with E-state index in [9.17, 15) is 14.4 Å². The molecule has 0 bridgehead atoms. The Morgan fingerprint density at radius 1 is 1.18 bits per heavy atom. The summed E-state index contributed by atoms with van der Waals surface area (Å²) in [5, 5.41) is 0. The summed E-state index contributed by atoms with van der Waals surface area (Å²) in [4.78, 5) is 38.5. The van der Waals surface area contributed by atoms with Crippen LogP contribution in [0.15, 0.2) is 30.3 Å². The van der Waals surface area contributed by atoms with E-state index in [-0.39, 0.29) is 24.3 Å². The number of ketones is 1. The van der Waals surface area contributed by atoms with E-state index in [4.69, 9.17) is 4.74 Å². The predicted molar refractivity (Wildman–Crippen MR) is 107 cm³/mol. The minimum Gasteiger partial charge on any atom is -0.454 e. The van der Waals surface area contributed by atoms with Crippen molar-refractivity contribution in [3.63, 3.8) is 0 Å². The fourth-order valence-corrected chi connectivity index (χ4v) is 3.87. The molecule has 1 saturated heterocycles. The topological polar surface area (TPSA) is 68.6 Å². The third-order valence-electron chi connectivity index (χ3n) is 5.10. The van der Waals surface area contributed by atoms with Gasteiger partial charge >= 0.3 is 5.97 Å². The molecular weight excluding hydrogens is 356 g/mol. The molecule has 0 radical (unpaired) electrons. The highest BCUT2D eigenvalue weighted by Crippen LogP contribution is 2.23. The number of carbonyl (C=O) groups excluding carboxylic acids is 3. The number of carbonyl (C=O) groups is 3. The minimum atomic E-state index is -0.570. The summed E-state index contributed by atoms with van der Waals surface area (Å²) >= 11 is 0. The Labute approximate surface area is 165 Å². The van der Waals surface area contributed by atoms with Gasteiger partial charge in [-0.25, -0.2) is 4.79 Å². The summed E-state index contributed by atoms with van der Waals surface area (Å²) in [6.07, 6.45) is 1.34. The summed E-state index contributed by atoms with van der Waals surface area (Å²) in [5.74, 6) is -0.736. The highest BCUT2D eigenvalue weighted by molar-refractivity contribution is 6.01. The van der Waals surface area contributed by atoms with Crippen molar-refractivity contribution in [3.8, 4) is 0 Å². The predicted octanol–water partition coefficient (Wildman–Crippen LogP) is 3.85. The lowest BCUT2D eigenvalue weighted by Crippen LogP contribution is -2.24. The zero-order valence-electron chi connectivity index (χ0n) is 16.8. The molecule has 1 aromatic carbocycles. The van der Waals surface area contributed by atoms with Crippen LogP contribution in [-0.4, -0.2) is 35.4 Å². The smallest absolute Gasteiger partial charge is 0.338 e. The van der Waals surface area contributed by atoms with Gasteiger partial charge in [-0.1, -0.05) is 6.07 Å². The van der Waals surface area contributed by atoms with E-state index in [0.29, 0.717) is 29.8 Å². The maximum Gasteiger partial charge on any atom is 0.338 e. The van der Waals surface area contributed by atoms with Crippen LogP contribution in [0, 0.1) is 13.8 Å². The molecular formula is C22H26N2O4. The lowest BCUT2D eigenvalue weighted by atomic mass is 10.1. The molecule has 1 aromatic heterocycles. The molecule has 0 saturated carbocycles. The molecule has 6 nitrogen and oxygen atoms in total. The molecule has 0 aliphatic carbocycles. The lowest BCUT2D eigenvalue weighted by molar-refractivity contribution is -0.117. The number of rotatable bonds is 6. The number of hydrogen-bond donors (Lipinski definition) is 0. The van der Waals surface area contributed by atoms with Crippen molar-refractivity contribution in [2.24, 2.45) is 0 Å². The second-order valence-corrected chi connectivity index (χ2v) is 7.45. The van der Waals surface area contributed by atoms with Crippen LogP contribution in [-0.2, 0) is 9.53 Å². The third kappa shape index (κ3) is 3.86. The number of hydrogen-bond acceptors (Lipinski definition) is 4. The molecule has 0 spiro atoms. The minimum absolute atomic E-state index is 0.0567. The molecule has 148 valence electrons. The molecule has 2 aromatic rings. The summed E-state index contributed by atoms with van der Waals surface area (Å²) in [7, 11) is 0. The normalized spacial score (nSPS) is 14.0. The number of Topliss-reactive ketones (excluding diaryl/α,β-unsaturated/α-hetero) is 1. The van der Waals surface area contributed by atoms with Gasteiger partial charge in [0.05, 0.1) is 5.56 Å². The van der Waals surface area contributed by atoms with Gasteiger partial charge in [-0.15, -0.1) is 0 Å². The Kier molecular flexibility index (Phi) is 5.68. The highest BCUT2D eigenvalue weighted by atomic mass is 16.5.